The van der Waals surface area contributed by atoms with E-state index in [2.05, 4.69) is 76.6 Å². The van der Waals surface area contributed by atoms with Crippen LogP contribution in [0, 0.1) is 5.92 Å². The minimum atomic E-state index is 0.830. The van der Waals surface area contributed by atoms with Gasteiger partial charge in [-0.2, -0.15) is 0 Å². The molecule has 7 nitrogen and oxygen atoms in total. The third-order valence-corrected chi connectivity index (χ3v) is 6.42. The first-order valence-corrected chi connectivity index (χ1v) is 11.6. The van der Waals surface area contributed by atoms with Crippen LogP contribution in [-0.4, -0.2) is 123 Å². The summed E-state index contributed by atoms with van der Waals surface area (Å²) in [6, 6.07) is 0.830. The van der Waals surface area contributed by atoms with Crippen molar-refractivity contribution in [3.63, 3.8) is 0 Å². The average molecular weight is 420 g/mol. The quantitative estimate of drug-likeness (QED) is 0.724. The van der Waals surface area contributed by atoms with Crippen LogP contribution in [0.3, 0.4) is 0 Å². The lowest BCUT2D eigenvalue weighted by molar-refractivity contribution is 0.166. The van der Waals surface area contributed by atoms with Gasteiger partial charge in [0.15, 0.2) is 0 Å². The summed E-state index contributed by atoms with van der Waals surface area (Å²) in [5.74, 6) is 1.94. The maximum Gasteiger partial charge on any atom is 0.147 e. The fourth-order valence-electron chi connectivity index (χ4n) is 4.16. The van der Waals surface area contributed by atoms with Gasteiger partial charge in [0.25, 0.3) is 0 Å². The Balaban J connectivity index is 0.000000168. The smallest absolute Gasteiger partial charge is 0.147 e. The van der Waals surface area contributed by atoms with Crippen molar-refractivity contribution in [3.8, 4) is 0 Å². The number of anilines is 1. The van der Waals surface area contributed by atoms with Crippen LogP contribution in [0.2, 0.25) is 0 Å². The summed E-state index contributed by atoms with van der Waals surface area (Å²) in [6.07, 6.45) is 9.35. The van der Waals surface area contributed by atoms with Crippen molar-refractivity contribution in [3.05, 3.63) is 18.6 Å². The number of aromatic nitrogens is 2. The normalized spacial score (nSPS) is 24.2. The highest BCUT2D eigenvalue weighted by Crippen LogP contribution is 2.12. The van der Waals surface area contributed by atoms with Crippen molar-refractivity contribution in [1.82, 2.24) is 29.6 Å². The molecule has 30 heavy (non-hydrogen) atoms. The molecule has 3 aliphatic rings. The predicted octanol–water partition coefficient (Wildman–Crippen LogP) is 1.83. The molecule has 0 saturated carbocycles. The molecule has 0 N–H and O–H groups in total. The molecular formula is C23H45N7. The highest BCUT2D eigenvalue weighted by atomic mass is 15.3. The van der Waals surface area contributed by atoms with Crippen LogP contribution in [-0.2, 0) is 0 Å². The molecule has 0 aliphatic carbocycles. The van der Waals surface area contributed by atoms with Crippen LogP contribution >= 0.6 is 0 Å². The summed E-state index contributed by atoms with van der Waals surface area (Å²) in [5, 5.41) is 0. The van der Waals surface area contributed by atoms with E-state index in [1.807, 2.05) is 6.20 Å². The van der Waals surface area contributed by atoms with Crippen molar-refractivity contribution in [2.24, 2.45) is 5.92 Å². The van der Waals surface area contributed by atoms with Gasteiger partial charge in [-0.25, -0.2) is 4.98 Å². The standard InChI is InChI=1S/C9H14N4.C8H18N2.C6H13N/c1-12-4-6-13(7-5-12)9-8-10-2-3-11-9;1-9(2)8-4-6-10(3)7-5-8;1-6-3-4-7(2)5-6/h2-3,8H,4-7H2,1H3;8H,4-7H2,1-3H3;6H,3-5H2,1-2H3. The summed E-state index contributed by atoms with van der Waals surface area (Å²) >= 11 is 0. The van der Waals surface area contributed by atoms with Gasteiger partial charge in [0.1, 0.15) is 5.82 Å². The minimum absolute atomic E-state index is 0.830. The third kappa shape index (κ3) is 9.25. The maximum absolute atomic E-state index is 4.27. The Kier molecular flexibility index (Phi) is 11.0. The minimum Gasteiger partial charge on any atom is -0.353 e. The Hall–Kier alpha value is -1.28. The van der Waals surface area contributed by atoms with Gasteiger partial charge >= 0.3 is 0 Å². The van der Waals surface area contributed by atoms with Crippen molar-refractivity contribution >= 4 is 5.82 Å². The second-order valence-electron chi connectivity index (χ2n) is 9.51. The Morgan fingerprint density at radius 1 is 0.800 bits per heavy atom. The molecular weight excluding hydrogens is 374 g/mol. The zero-order valence-corrected chi connectivity index (χ0v) is 20.3. The second kappa shape index (κ2) is 13.2. The molecule has 4 rings (SSSR count). The van der Waals surface area contributed by atoms with E-state index in [0.29, 0.717) is 0 Å². The van der Waals surface area contributed by atoms with E-state index in [1.54, 1.807) is 12.4 Å². The van der Waals surface area contributed by atoms with Crippen LogP contribution in [0.5, 0.6) is 0 Å². The number of nitrogens with zero attached hydrogens (tertiary/aromatic N) is 7. The molecule has 7 heteroatoms. The monoisotopic (exact) mass is 419 g/mol. The number of piperazine rings is 1. The van der Waals surface area contributed by atoms with E-state index in [0.717, 1.165) is 44.0 Å². The average Bonchev–Trinajstić information content (AvgIpc) is 3.13. The third-order valence-electron chi connectivity index (χ3n) is 6.42. The largest absolute Gasteiger partial charge is 0.353 e. The SMILES string of the molecule is CC1CCN(C)C1.CN1CCC(N(C)C)CC1.CN1CCN(c2cnccn2)CC1. The number of hydrogen-bond donors (Lipinski definition) is 0. The van der Waals surface area contributed by atoms with Gasteiger partial charge in [0.05, 0.1) is 6.20 Å². The van der Waals surface area contributed by atoms with Crippen molar-refractivity contribution in [2.45, 2.75) is 32.2 Å². The molecule has 1 aromatic rings. The van der Waals surface area contributed by atoms with E-state index in [9.17, 15) is 0 Å². The summed E-state index contributed by atoms with van der Waals surface area (Å²) < 4.78 is 0. The molecule has 0 spiro atoms. The predicted molar refractivity (Wildman–Crippen MR) is 127 cm³/mol. The summed E-state index contributed by atoms with van der Waals surface area (Å²) in [4.78, 5) is 20.1. The Morgan fingerprint density at radius 3 is 1.83 bits per heavy atom. The van der Waals surface area contributed by atoms with Crippen LogP contribution in [0.25, 0.3) is 0 Å². The van der Waals surface area contributed by atoms with Crippen molar-refractivity contribution < 1.29 is 0 Å². The van der Waals surface area contributed by atoms with Gasteiger partial charge < -0.3 is 24.5 Å². The molecule has 3 saturated heterocycles. The van der Waals surface area contributed by atoms with Crippen molar-refractivity contribution in [1.29, 1.82) is 0 Å². The zero-order chi connectivity index (χ0) is 21.9. The van der Waals surface area contributed by atoms with Gasteiger partial charge in [-0.3, -0.25) is 4.98 Å². The van der Waals surface area contributed by atoms with Crippen LogP contribution in [0.4, 0.5) is 5.82 Å². The van der Waals surface area contributed by atoms with E-state index in [-0.39, 0.29) is 0 Å². The highest BCUT2D eigenvalue weighted by molar-refractivity contribution is 5.35. The van der Waals surface area contributed by atoms with Gasteiger partial charge in [-0.1, -0.05) is 6.92 Å². The Bertz CT molecular complexity index is 544. The lowest BCUT2D eigenvalue weighted by atomic mass is 10.1. The topological polar surface area (TPSA) is 42.0 Å². The molecule has 0 aromatic carbocycles. The van der Waals surface area contributed by atoms with E-state index < -0.39 is 0 Å². The fraction of sp³-hybridized carbons (Fsp3) is 0.826. The molecule has 172 valence electrons. The molecule has 0 radical (unpaired) electrons. The summed E-state index contributed by atoms with van der Waals surface area (Å²) in [6.45, 7) is 11.8. The number of piperidine rings is 1. The van der Waals surface area contributed by atoms with Crippen molar-refractivity contribution in [2.75, 3.05) is 92.5 Å². The second-order valence-corrected chi connectivity index (χ2v) is 9.51. The van der Waals surface area contributed by atoms with Gasteiger partial charge in [-0.15, -0.1) is 0 Å². The fourth-order valence-corrected chi connectivity index (χ4v) is 4.16. The maximum atomic E-state index is 4.27. The van der Waals surface area contributed by atoms with Gasteiger partial charge in [-0.05, 0) is 80.1 Å². The molecule has 1 unspecified atom stereocenters. The molecule has 1 atom stereocenters. The van der Waals surface area contributed by atoms with Crippen LogP contribution in [0.15, 0.2) is 18.6 Å². The van der Waals surface area contributed by atoms with E-state index >= 15 is 0 Å². The first kappa shape index (κ1) is 25.0. The van der Waals surface area contributed by atoms with Crippen LogP contribution < -0.4 is 4.90 Å². The van der Waals surface area contributed by atoms with E-state index in [1.165, 1.54) is 45.4 Å². The number of likely N-dealkylation sites (N-methyl/N-ethyl adjacent to an activating group) is 1. The zero-order valence-electron chi connectivity index (χ0n) is 20.3. The first-order valence-electron chi connectivity index (χ1n) is 11.6. The Morgan fingerprint density at radius 2 is 1.40 bits per heavy atom. The highest BCUT2D eigenvalue weighted by Gasteiger charge is 2.17. The number of likely N-dealkylation sites (tertiary alicyclic amines) is 2. The molecule has 0 bridgehead atoms. The lowest BCUT2D eigenvalue weighted by Gasteiger charge is -2.32. The lowest BCUT2D eigenvalue weighted by Crippen LogP contribution is -2.44. The van der Waals surface area contributed by atoms with Gasteiger partial charge in [0.2, 0.25) is 0 Å². The van der Waals surface area contributed by atoms with Crippen LogP contribution in [0.1, 0.15) is 26.2 Å². The number of hydrogen-bond acceptors (Lipinski definition) is 7. The first-order chi connectivity index (χ1) is 14.3. The molecule has 3 fully saturated rings. The van der Waals surface area contributed by atoms with E-state index in [4.69, 9.17) is 0 Å². The summed E-state index contributed by atoms with van der Waals surface area (Å²) in [7, 11) is 10.9. The summed E-state index contributed by atoms with van der Waals surface area (Å²) in [5.41, 5.74) is 0. The Labute approximate surface area is 185 Å². The molecule has 3 aliphatic heterocycles. The molecule has 1 aromatic heterocycles. The van der Waals surface area contributed by atoms with Gasteiger partial charge in [0, 0.05) is 51.2 Å². The molecule has 4 heterocycles. The number of rotatable bonds is 2. The molecule has 0 amide bonds.